The summed E-state index contributed by atoms with van der Waals surface area (Å²) < 4.78 is 0.703. The van der Waals surface area contributed by atoms with E-state index in [0.717, 1.165) is 25.1 Å². The van der Waals surface area contributed by atoms with Gasteiger partial charge in [-0.25, -0.2) is 0 Å². The molecule has 0 bridgehead atoms. The molecule has 1 heterocycles. The van der Waals surface area contributed by atoms with Crippen molar-refractivity contribution in [2.24, 2.45) is 0 Å². The summed E-state index contributed by atoms with van der Waals surface area (Å²) in [6.07, 6.45) is 2.32. The quantitative estimate of drug-likeness (QED) is 0.575. The van der Waals surface area contributed by atoms with Crippen molar-refractivity contribution >= 4 is 21.6 Å². The first kappa shape index (κ1) is 16.4. The number of non-ortho nitro benzene ring substituents is 1. The summed E-state index contributed by atoms with van der Waals surface area (Å²) in [6.45, 7) is 3.14. The largest absolute Gasteiger partial charge is 0.395 e. The van der Waals surface area contributed by atoms with Crippen LogP contribution in [0, 0.1) is 10.1 Å². The minimum atomic E-state index is -0.386. The molecule has 0 saturated carbocycles. The van der Waals surface area contributed by atoms with Gasteiger partial charge < -0.3 is 10.4 Å². The Labute approximate surface area is 132 Å². The Morgan fingerprint density at radius 3 is 2.90 bits per heavy atom. The number of hydrogen-bond acceptors (Lipinski definition) is 5. The Hall–Kier alpha value is -1.02. The van der Waals surface area contributed by atoms with E-state index >= 15 is 0 Å². The lowest BCUT2D eigenvalue weighted by molar-refractivity contribution is -0.385. The maximum atomic E-state index is 10.9. The summed E-state index contributed by atoms with van der Waals surface area (Å²) in [5.41, 5.74) is 0.963. The predicted molar refractivity (Wildman–Crippen MR) is 84.2 cm³/mol. The van der Waals surface area contributed by atoms with Crippen LogP contribution in [0.15, 0.2) is 22.7 Å². The maximum Gasteiger partial charge on any atom is 0.270 e. The van der Waals surface area contributed by atoms with Crippen LogP contribution in [0.1, 0.15) is 18.4 Å². The van der Waals surface area contributed by atoms with E-state index in [1.54, 1.807) is 6.07 Å². The summed E-state index contributed by atoms with van der Waals surface area (Å²) in [4.78, 5) is 12.7. The summed E-state index contributed by atoms with van der Waals surface area (Å²) >= 11 is 3.31. The molecular weight excluding hydrogens is 338 g/mol. The second-order valence-electron chi connectivity index (χ2n) is 5.33. The normalized spacial score (nSPS) is 18.3. The van der Waals surface area contributed by atoms with Gasteiger partial charge in [0.2, 0.25) is 0 Å². The molecule has 1 aromatic rings. The summed E-state index contributed by atoms with van der Waals surface area (Å²) in [7, 11) is 0. The number of aliphatic hydroxyl groups is 1. The number of nitro benzene ring substituents is 1. The molecule has 1 saturated heterocycles. The van der Waals surface area contributed by atoms with Crippen LogP contribution in [0.4, 0.5) is 5.69 Å². The molecule has 0 radical (unpaired) electrons. The van der Waals surface area contributed by atoms with Crippen LogP contribution < -0.4 is 5.32 Å². The Kier molecular flexibility index (Phi) is 6.10. The lowest BCUT2D eigenvalue weighted by atomic mass is 10.1. The molecule has 0 aliphatic carbocycles. The van der Waals surface area contributed by atoms with Gasteiger partial charge in [0.05, 0.1) is 11.5 Å². The van der Waals surface area contributed by atoms with E-state index in [0.29, 0.717) is 23.6 Å². The molecule has 1 atom stereocenters. The van der Waals surface area contributed by atoms with E-state index in [-0.39, 0.29) is 17.2 Å². The summed E-state index contributed by atoms with van der Waals surface area (Å²) in [6, 6.07) is 5.42. The highest BCUT2D eigenvalue weighted by Crippen LogP contribution is 2.22. The van der Waals surface area contributed by atoms with Gasteiger partial charge in [-0.3, -0.25) is 15.0 Å². The van der Waals surface area contributed by atoms with Crippen molar-refractivity contribution in [3.8, 4) is 0 Å². The van der Waals surface area contributed by atoms with Gasteiger partial charge in [0, 0.05) is 42.3 Å². The molecule has 2 N–H and O–H groups in total. The number of benzene rings is 1. The number of hydrogen-bond donors (Lipinski definition) is 2. The highest BCUT2D eigenvalue weighted by Gasteiger charge is 2.18. The smallest absolute Gasteiger partial charge is 0.270 e. The third kappa shape index (κ3) is 5.03. The van der Waals surface area contributed by atoms with Crippen molar-refractivity contribution < 1.29 is 10.0 Å². The van der Waals surface area contributed by atoms with Gasteiger partial charge in [0.1, 0.15) is 0 Å². The van der Waals surface area contributed by atoms with Crippen LogP contribution in [0.3, 0.4) is 0 Å². The number of nitrogens with one attached hydrogen (secondary N) is 1. The first-order valence-corrected chi connectivity index (χ1v) is 7.88. The van der Waals surface area contributed by atoms with Crippen LogP contribution in [0.2, 0.25) is 0 Å². The highest BCUT2D eigenvalue weighted by atomic mass is 79.9. The zero-order valence-corrected chi connectivity index (χ0v) is 13.4. The third-order valence-corrected chi connectivity index (χ3v) is 4.07. The summed E-state index contributed by atoms with van der Waals surface area (Å²) in [5.74, 6) is 0. The second kappa shape index (κ2) is 7.84. The zero-order valence-electron chi connectivity index (χ0n) is 11.8. The Balaban J connectivity index is 2.06. The molecule has 116 valence electrons. The van der Waals surface area contributed by atoms with Gasteiger partial charge in [-0.15, -0.1) is 0 Å². The van der Waals surface area contributed by atoms with E-state index < -0.39 is 0 Å². The standard InChI is InChI=1S/C14H20BrN3O3/c15-12-6-11(7-14(8-12)18(20)21)9-17(4-5-19)10-13-2-1-3-16-13/h6-8,13,16,19H,1-5,9-10H2. The van der Waals surface area contributed by atoms with Crippen molar-refractivity contribution in [2.75, 3.05) is 26.2 Å². The fourth-order valence-electron chi connectivity index (χ4n) is 2.69. The number of nitro groups is 1. The van der Waals surface area contributed by atoms with E-state index in [1.165, 1.54) is 12.5 Å². The molecule has 0 amide bonds. The van der Waals surface area contributed by atoms with Gasteiger partial charge in [-0.2, -0.15) is 0 Å². The maximum absolute atomic E-state index is 10.9. The van der Waals surface area contributed by atoms with Crippen molar-refractivity contribution in [3.63, 3.8) is 0 Å². The first-order valence-electron chi connectivity index (χ1n) is 7.09. The van der Waals surface area contributed by atoms with Crippen LogP contribution in [-0.2, 0) is 6.54 Å². The molecule has 7 heteroatoms. The second-order valence-corrected chi connectivity index (χ2v) is 6.24. The molecule has 1 unspecified atom stereocenters. The lowest BCUT2D eigenvalue weighted by Gasteiger charge is -2.25. The van der Waals surface area contributed by atoms with Crippen molar-refractivity contribution in [3.05, 3.63) is 38.3 Å². The monoisotopic (exact) mass is 357 g/mol. The highest BCUT2D eigenvalue weighted by molar-refractivity contribution is 9.10. The fourth-order valence-corrected chi connectivity index (χ4v) is 3.22. The molecule has 2 rings (SSSR count). The SMILES string of the molecule is O=[N+]([O-])c1cc(Br)cc(CN(CCO)CC2CCCN2)c1. The Morgan fingerprint density at radius 2 is 2.29 bits per heavy atom. The van der Waals surface area contributed by atoms with Crippen molar-refractivity contribution in [1.29, 1.82) is 0 Å². The molecule has 0 spiro atoms. The first-order chi connectivity index (χ1) is 10.1. The topological polar surface area (TPSA) is 78.6 Å². The van der Waals surface area contributed by atoms with Gasteiger partial charge in [-0.1, -0.05) is 15.9 Å². The number of halogens is 1. The predicted octanol–water partition coefficient (Wildman–Crippen LogP) is 1.90. The zero-order chi connectivity index (χ0) is 15.2. The number of rotatable bonds is 7. The fraction of sp³-hybridized carbons (Fsp3) is 0.571. The minimum absolute atomic E-state index is 0.0855. The number of nitrogens with zero attached hydrogens (tertiary/aromatic N) is 2. The molecule has 1 aliphatic rings. The van der Waals surface area contributed by atoms with Crippen molar-refractivity contribution in [1.82, 2.24) is 10.2 Å². The van der Waals surface area contributed by atoms with Crippen LogP contribution in [-0.4, -0.2) is 47.2 Å². The Bertz CT molecular complexity index is 492. The van der Waals surface area contributed by atoms with Crippen LogP contribution in [0.25, 0.3) is 0 Å². The van der Waals surface area contributed by atoms with E-state index in [2.05, 4.69) is 26.1 Å². The average molecular weight is 358 g/mol. The molecule has 21 heavy (non-hydrogen) atoms. The van der Waals surface area contributed by atoms with Crippen molar-refractivity contribution in [2.45, 2.75) is 25.4 Å². The van der Waals surface area contributed by atoms with Crippen LogP contribution in [0.5, 0.6) is 0 Å². The molecule has 6 nitrogen and oxygen atoms in total. The summed E-state index contributed by atoms with van der Waals surface area (Å²) in [5, 5.41) is 23.6. The van der Waals surface area contributed by atoms with Gasteiger partial charge in [-0.05, 0) is 31.0 Å². The lowest BCUT2D eigenvalue weighted by Crippen LogP contribution is -2.38. The molecular formula is C14H20BrN3O3. The van der Waals surface area contributed by atoms with E-state index in [4.69, 9.17) is 0 Å². The number of aliphatic hydroxyl groups excluding tert-OH is 1. The molecule has 1 fully saturated rings. The molecule has 0 aromatic heterocycles. The third-order valence-electron chi connectivity index (χ3n) is 3.62. The van der Waals surface area contributed by atoms with Crippen LogP contribution >= 0.6 is 15.9 Å². The molecule has 1 aliphatic heterocycles. The van der Waals surface area contributed by atoms with Gasteiger partial charge in [0.15, 0.2) is 0 Å². The van der Waals surface area contributed by atoms with E-state index in [9.17, 15) is 15.2 Å². The average Bonchev–Trinajstić information content (AvgIpc) is 2.91. The molecule has 1 aromatic carbocycles. The van der Waals surface area contributed by atoms with E-state index in [1.807, 2.05) is 6.07 Å². The van der Waals surface area contributed by atoms with Gasteiger partial charge >= 0.3 is 0 Å². The minimum Gasteiger partial charge on any atom is -0.395 e. The Morgan fingerprint density at radius 1 is 1.48 bits per heavy atom. The van der Waals surface area contributed by atoms with Gasteiger partial charge in [0.25, 0.3) is 5.69 Å².